The van der Waals surface area contributed by atoms with E-state index in [0.717, 1.165) is 11.5 Å². The van der Waals surface area contributed by atoms with Gasteiger partial charge in [0.1, 0.15) is 5.82 Å². The molecule has 2 aromatic heterocycles. The molecule has 0 aliphatic carbocycles. The minimum atomic E-state index is -0.0676. The van der Waals surface area contributed by atoms with E-state index in [0.29, 0.717) is 24.9 Å². The highest BCUT2D eigenvalue weighted by Gasteiger charge is 2.08. The van der Waals surface area contributed by atoms with Crippen molar-refractivity contribution < 1.29 is 9.53 Å². The molecule has 2 heterocycles. The van der Waals surface area contributed by atoms with Gasteiger partial charge in [-0.2, -0.15) is 0 Å². The fraction of sp³-hybridized carbons (Fsp3) is 0.500. The van der Waals surface area contributed by atoms with Crippen molar-refractivity contribution in [2.75, 3.05) is 19.5 Å². The lowest BCUT2D eigenvalue weighted by Gasteiger charge is -2.08. The molecule has 2 rings (SSSR count). The summed E-state index contributed by atoms with van der Waals surface area (Å²) in [5.74, 6) is 0.950. The summed E-state index contributed by atoms with van der Waals surface area (Å²) in [6.45, 7) is 3.58. The number of nitrogens with one attached hydrogen (secondary N) is 2. The van der Waals surface area contributed by atoms with E-state index in [2.05, 4.69) is 25.5 Å². The number of carbonyl (C=O) groups is 1. The number of hydrogen-bond acceptors (Lipinski definition) is 6. The molecule has 114 valence electrons. The van der Waals surface area contributed by atoms with E-state index in [1.807, 2.05) is 11.5 Å². The van der Waals surface area contributed by atoms with E-state index in [1.54, 1.807) is 19.6 Å². The van der Waals surface area contributed by atoms with Crippen LogP contribution in [0.3, 0.4) is 0 Å². The number of hydrogen-bond donors (Lipinski definition) is 2. The number of ether oxygens (including phenoxy) is 1. The molecule has 0 aliphatic heterocycles. The molecule has 0 spiro atoms. The van der Waals surface area contributed by atoms with Crippen LogP contribution in [-0.2, 0) is 22.6 Å². The van der Waals surface area contributed by atoms with Gasteiger partial charge in [0.15, 0.2) is 0 Å². The van der Waals surface area contributed by atoms with E-state index < -0.39 is 0 Å². The minimum absolute atomic E-state index is 0.0676. The number of rotatable bonds is 8. The number of carbonyl (C=O) groups excluding carboxylic acids is 1. The monoisotopic (exact) mass is 310 g/mol. The van der Waals surface area contributed by atoms with Crippen molar-refractivity contribution in [3.05, 3.63) is 24.0 Å². The Kier molecular flexibility index (Phi) is 5.76. The van der Waals surface area contributed by atoms with Crippen LogP contribution in [0, 0.1) is 6.92 Å². The van der Waals surface area contributed by atoms with Crippen molar-refractivity contribution in [1.82, 2.24) is 30.0 Å². The number of amides is 1. The fourth-order valence-electron chi connectivity index (χ4n) is 1.64. The third-order valence-corrected chi connectivity index (χ3v) is 3.56. The van der Waals surface area contributed by atoms with Gasteiger partial charge in [-0.15, -0.1) is 5.10 Å². The summed E-state index contributed by atoms with van der Waals surface area (Å²) in [4.78, 5) is 20.0. The molecule has 9 heteroatoms. The zero-order valence-electron chi connectivity index (χ0n) is 12.0. The van der Waals surface area contributed by atoms with Crippen LogP contribution >= 0.6 is 11.8 Å². The van der Waals surface area contributed by atoms with Crippen LogP contribution in [-0.4, -0.2) is 50.1 Å². The Balaban J connectivity index is 1.74. The Morgan fingerprint density at radius 1 is 1.57 bits per heavy atom. The fourth-order valence-corrected chi connectivity index (χ4v) is 2.32. The second-order valence-corrected chi connectivity index (χ2v) is 5.28. The SMILES string of the molecule is COCCn1cncc1CNC(=O)CSc1n[nH]c(C)n1. The molecule has 1 amide bonds. The number of thioether (sulfide) groups is 1. The number of H-pyrrole nitrogens is 1. The molecule has 2 N–H and O–H groups in total. The first-order chi connectivity index (χ1) is 10.2. The van der Waals surface area contributed by atoms with Crippen molar-refractivity contribution >= 4 is 17.7 Å². The van der Waals surface area contributed by atoms with Crippen molar-refractivity contribution in [2.24, 2.45) is 0 Å². The normalized spacial score (nSPS) is 10.8. The van der Waals surface area contributed by atoms with Gasteiger partial charge >= 0.3 is 0 Å². The highest BCUT2D eigenvalue weighted by molar-refractivity contribution is 7.99. The quantitative estimate of drug-likeness (QED) is 0.683. The van der Waals surface area contributed by atoms with Gasteiger partial charge in [0, 0.05) is 19.9 Å². The first-order valence-electron chi connectivity index (χ1n) is 6.45. The van der Waals surface area contributed by atoms with Gasteiger partial charge in [-0.1, -0.05) is 11.8 Å². The Hall–Kier alpha value is -1.87. The largest absolute Gasteiger partial charge is 0.383 e. The summed E-state index contributed by atoms with van der Waals surface area (Å²) in [6, 6.07) is 0. The van der Waals surface area contributed by atoms with Gasteiger partial charge in [0.05, 0.1) is 30.9 Å². The van der Waals surface area contributed by atoms with E-state index in [1.165, 1.54) is 11.8 Å². The predicted octanol–water partition coefficient (Wildman–Crippen LogP) is 0.365. The number of aromatic amines is 1. The molecule has 0 fully saturated rings. The summed E-state index contributed by atoms with van der Waals surface area (Å²) in [5.41, 5.74) is 0.944. The average Bonchev–Trinajstić information content (AvgIpc) is 3.09. The summed E-state index contributed by atoms with van der Waals surface area (Å²) in [7, 11) is 1.65. The smallest absolute Gasteiger partial charge is 0.230 e. The Morgan fingerprint density at radius 2 is 2.43 bits per heavy atom. The van der Waals surface area contributed by atoms with Gasteiger partial charge in [-0.05, 0) is 6.92 Å². The van der Waals surface area contributed by atoms with Crippen molar-refractivity contribution in [3.8, 4) is 0 Å². The summed E-state index contributed by atoms with van der Waals surface area (Å²) < 4.78 is 6.98. The summed E-state index contributed by atoms with van der Waals surface area (Å²) in [6.07, 6.45) is 3.47. The number of aromatic nitrogens is 5. The van der Waals surface area contributed by atoms with E-state index in [4.69, 9.17) is 4.74 Å². The third-order valence-electron chi connectivity index (χ3n) is 2.71. The molecule has 0 atom stereocenters. The molecule has 0 aromatic carbocycles. The average molecular weight is 310 g/mol. The standard InChI is InChI=1S/C12H18N6O2S/c1-9-15-12(17-16-9)21-7-11(19)14-6-10-5-13-8-18(10)3-4-20-2/h5,8H,3-4,6-7H2,1-2H3,(H,14,19)(H,15,16,17). The molecular weight excluding hydrogens is 292 g/mol. The molecule has 0 saturated heterocycles. The number of aryl methyl sites for hydroxylation is 1. The molecule has 0 bridgehead atoms. The predicted molar refractivity (Wildman–Crippen MR) is 77.8 cm³/mol. The summed E-state index contributed by atoms with van der Waals surface area (Å²) >= 11 is 1.30. The molecular formula is C12H18N6O2S. The van der Waals surface area contributed by atoms with Gasteiger partial charge in [-0.25, -0.2) is 9.97 Å². The lowest BCUT2D eigenvalue weighted by atomic mass is 10.4. The zero-order valence-corrected chi connectivity index (χ0v) is 12.8. The van der Waals surface area contributed by atoms with E-state index in [9.17, 15) is 4.79 Å². The first-order valence-corrected chi connectivity index (χ1v) is 7.44. The van der Waals surface area contributed by atoms with Crippen LogP contribution in [0.4, 0.5) is 0 Å². The molecule has 0 radical (unpaired) electrons. The highest BCUT2D eigenvalue weighted by atomic mass is 32.2. The van der Waals surface area contributed by atoms with Crippen molar-refractivity contribution in [2.45, 2.75) is 25.2 Å². The second-order valence-electron chi connectivity index (χ2n) is 4.34. The lowest BCUT2D eigenvalue weighted by molar-refractivity contribution is -0.118. The number of methoxy groups -OCH3 is 1. The third kappa shape index (κ3) is 4.87. The Morgan fingerprint density at radius 3 is 3.14 bits per heavy atom. The van der Waals surface area contributed by atoms with Crippen LogP contribution in [0.5, 0.6) is 0 Å². The van der Waals surface area contributed by atoms with Gasteiger partial charge in [0.25, 0.3) is 0 Å². The van der Waals surface area contributed by atoms with Crippen LogP contribution < -0.4 is 5.32 Å². The molecule has 0 aliphatic rings. The molecule has 0 saturated carbocycles. The van der Waals surface area contributed by atoms with Crippen LogP contribution in [0.1, 0.15) is 11.5 Å². The minimum Gasteiger partial charge on any atom is -0.383 e. The topological polar surface area (TPSA) is 97.7 Å². The maximum Gasteiger partial charge on any atom is 0.230 e. The van der Waals surface area contributed by atoms with Crippen LogP contribution in [0.15, 0.2) is 17.7 Å². The number of nitrogens with zero attached hydrogens (tertiary/aromatic N) is 4. The first kappa shape index (κ1) is 15.5. The molecule has 21 heavy (non-hydrogen) atoms. The van der Waals surface area contributed by atoms with Crippen molar-refractivity contribution in [1.29, 1.82) is 0 Å². The molecule has 8 nitrogen and oxygen atoms in total. The maximum absolute atomic E-state index is 11.8. The van der Waals surface area contributed by atoms with Gasteiger partial charge in [-0.3, -0.25) is 9.89 Å². The zero-order chi connectivity index (χ0) is 15.1. The summed E-state index contributed by atoms with van der Waals surface area (Å²) in [5, 5.41) is 10.1. The Bertz CT molecular complexity index is 582. The number of imidazole rings is 1. The van der Waals surface area contributed by atoms with Gasteiger partial charge < -0.3 is 14.6 Å². The van der Waals surface area contributed by atoms with Crippen molar-refractivity contribution in [3.63, 3.8) is 0 Å². The molecule has 2 aromatic rings. The van der Waals surface area contributed by atoms with Crippen LogP contribution in [0.2, 0.25) is 0 Å². The highest BCUT2D eigenvalue weighted by Crippen LogP contribution is 2.11. The van der Waals surface area contributed by atoms with E-state index >= 15 is 0 Å². The maximum atomic E-state index is 11.8. The second kappa shape index (κ2) is 7.79. The van der Waals surface area contributed by atoms with Crippen LogP contribution in [0.25, 0.3) is 0 Å². The van der Waals surface area contributed by atoms with E-state index in [-0.39, 0.29) is 11.7 Å². The Labute approximate surface area is 126 Å². The molecule has 0 unspecified atom stereocenters. The lowest BCUT2D eigenvalue weighted by Crippen LogP contribution is -2.26. The van der Waals surface area contributed by atoms with Gasteiger partial charge in [0.2, 0.25) is 11.1 Å².